The van der Waals surface area contributed by atoms with Crippen LogP contribution < -0.4 is 11.5 Å². The highest BCUT2D eigenvalue weighted by atomic mass is 19.1. The van der Waals surface area contributed by atoms with Gasteiger partial charge in [0.05, 0.1) is 12.1 Å². The van der Waals surface area contributed by atoms with Gasteiger partial charge in [0.25, 0.3) is 0 Å². The van der Waals surface area contributed by atoms with Crippen molar-refractivity contribution in [2.75, 3.05) is 0 Å². The molecular formula is C14H12F4N2. The Balaban J connectivity index is 2.46. The average molecular weight is 284 g/mol. The van der Waals surface area contributed by atoms with E-state index < -0.39 is 46.5 Å². The topological polar surface area (TPSA) is 52.0 Å². The Hall–Kier alpha value is -1.92. The zero-order valence-corrected chi connectivity index (χ0v) is 10.3. The summed E-state index contributed by atoms with van der Waals surface area (Å²) in [6.45, 7) is 0. The van der Waals surface area contributed by atoms with Crippen LogP contribution in [0.15, 0.2) is 36.4 Å². The normalized spacial score (nSPS) is 14.1. The fourth-order valence-corrected chi connectivity index (χ4v) is 2.02. The van der Waals surface area contributed by atoms with E-state index >= 15 is 0 Å². The fourth-order valence-electron chi connectivity index (χ4n) is 2.02. The highest BCUT2D eigenvalue weighted by Gasteiger charge is 2.27. The summed E-state index contributed by atoms with van der Waals surface area (Å²) in [7, 11) is 0. The molecule has 0 saturated carbocycles. The van der Waals surface area contributed by atoms with Crippen molar-refractivity contribution < 1.29 is 17.6 Å². The monoisotopic (exact) mass is 284 g/mol. The maximum absolute atomic E-state index is 13.6. The van der Waals surface area contributed by atoms with Gasteiger partial charge in [0, 0.05) is 11.1 Å². The predicted molar refractivity (Wildman–Crippen MR) is 66.6 cm³/mol. The number of nitrogens with two attached hydrogens (primary N) is 2. The molecule has 0 fully saturated rings. The first-order chi connectivity index (χ1) is 9.43. The molecule has 2 unspecified atom stereocenters. The van der Waals surface area contributed by atoms with E-state index in [0.717, 1.165) is 36.4 Å². The second kappa shape index (κ2) is 5.60. The average Bonchev–Trinajstić information content (AvgIpc) is 2.37. The lowest BCUT2D eigenvalue weighted by molar-refractivity contribution is 0.453. The molecule has 2 aromatic rings. The van der Waals surface area contributed by atoms with E-state index in [0.29, 0.717) is 0 Å². The molecule has 2 atom stereocenters. The van der Waals surface area contributed by atoms with Crippen molar-refractivity contribution in [2.45, 2.75) is 12.1 Å². The van der Waals surface area contributed by atoms with E-state index in [1.165, 1.54) is 0 Å². The van der Waals surface area contributed by atoms with E-state index in [1.807, 2.05) is 0 Å². The summed E-state index contributed by atoms with van der Waals surface area (Å²) in [6, 6.07) is 3.51. The van der Waals surface area contributed by atoms with Crippen LogP contribution in [-0.4, -0.2) is 0 Å². The van der Waals surface area contributed by atoms with Gasteiger partial charge in [-0.25, -0.2) is 17.6 Å². The van der Waals surface area contributed by atoms with E-state index in [4.69, 9.17) is 11.5 Å². The van der Waals surface area contributed by atoms with Gasteiger partial charge in [-0.15, -0.1) is 0 Å². The maximum Gasteiger partial charge on any atom is 0.130 e. The molecule has 0 aliphatic rings. The third kappa shape index (κ3) is 2.52. The van der Waals surface area contributed by atoms with E-state index in [9.17, 15) is 17.6 Å². The van der Waals surface area contributed by atoms with Crippen LogP contribution in [0.25, 0.3) is 0 Å². The Morgan fingerprint density at radius 1 is 0.600 bits per heavy atom. The van der Waals surface area contributed by atoms with Crippen LogP contribution in [-0.2, 0) is 0 Å². The van der Waals surface area contributed by atoms with E-state index in [1.54, 1.807) is 0 Å². The summed E-state index contributed by atoms with van der Waals surface area (Å²) in [4.78, 5) is 0. The summed E-state index contributed by atoms with van der Waals surface area (Å²) in [5.41, 5.74) is 10.3. The Labute approximate surface area is 113 Å². The molecule has 6 heteroatoms. The zero-order valence-electron chi connectivity index (χ0n) is 10.3. The van der Waals surface area contributed by atoms with Crippen LogP contribution >= 0.6 is 0 Å². The van der Waals surface area contributed by atoms with Crippen molar-refractivity contribution in [3.63, 3.8) is 0 Å². The summed E-state index contributed by atoms with van der Waals surface area (Å²) in [5.74, 6) is -3.65. The minimum atomic E-state index is -1.41. The number of hydrogen-bond acceptors (Lipinski definition) is 2. The molecule has 0 radical (unpaired) electrons. The second-order valence-electron chi connectivity index (χ2n) is 4.32. The van der Waals surface area contributed by atoms with Crippen LogP contribution in [0.4, 0.5) is 17.6 Å². The molecule has 106 valence electrons. The number of halogens is 4. The third-order valence-electron chi connectivity index (χ3n) is 3.05. The molecule has 2 nitrogen and oxygen atoms in total. The van der Waals surface area contributed by atoms with Gasteiger partial charge < -0.3 is 11.5 Å². The molecule has 0 saturated heterocycles. The number of benzene rings is 2. The molecule has 0 aliphatic carbocycles. The molecular weight excluding hydrogens is 272 g/mol. The summed E-state index contributed by atoms with van der Waals surface area (Å²) >= 11 is 0. The SMILES string of the molecule is NC(c1c(F)cccc1F)C(N)c1c(F)cccc1F. The van der Waals surface area contributed by atoms with Gasteiger partial charge in [-0.1, -0.05) is 12.1 Å². The maximum atomic E-state index is 13.6. The van der Waals surface area contributed by atoms with Gasteiger partial charge in [-0.3, -0.25) is 0 Å². The van der Waals surface area contributed by atoms with Crippen molar-refractivity contribution in [3.05, 3.63) is 70.8 Å². The number of hydrogen-bond donors (Lipinski definition) is 2. The lowest BCUT2D eigenvalue weighted by atomic mass is 9.93. The summed E-state index contributed by atoms with van der Waals surface area (Å²) in [6.07, 6.45) is 0. The van der Waals surface area contributed by atoms with E-state index in [-0.39, 0.29) is 0 Å². The van der Waals surface area contributed by atoms with Gasteiger partial charge in [0.2, 0.25) is 0 Å². The third-order valence-corrected chi connectivity index (χ3v) is 3.05. The van der Waals surface area contributed by atoms with Crippen molar-refractivity contribution in [1.82, 2.24) is 0 Å². The smallest absolute Gasteiger partial charge is 0.130 e. The standard InChI is InChI=1S/C14H12F4N2/c15-7-3-1-4-8(16)11(7)13(19)14(20)12-9(17)5-2-6-10(12)18/h1-6,13-14H,19-20H2. The highest BCUT2D eigenvalue weighted by molar-refractivity contribution is 5.30. The van der Waals surface area contributed by atoms with Crippen molar-refractivity contribution >= 4 is 0 Å². The Bertz CT molecular complexity index is 535. The Morgan fingerprint density at radius 3 is 1.10 bits per heavy atom. The van der Waals surface area contributed by atoms with Gasteiger partial charge in [-0.05, 0) is 24.3 Å². The van der Waals surface area contributed by atoms with Gasteiger partial charge in [-0.2, -0.15) is 0 Å². The second-order valence-corrected chi connectivity index (χ2v) is 4.32. The molecule has 2 aromatic carbocycles. The van der Waals surface area contributed by atoms with Crippen molar-refractivity contribution in [3.8, 4) is 0 Å². The molecule has 20 heavy (non-hydrogen) atoms. The first-order valence-electron chi connectivity index (χ1n) is 5.82. The lowest BCUT2D eigenvalue weighted by Crippen LogP contribution is -2.29. The van der Waals surface area contributed by atoms with Crippen molar-refractivity contribution in [1.29, 1.82) is 0 Å². The van der Waals surface area contributed by atoms with Crippen LogP contribution in [0.2, 0.25) is 0 Å². The van der Waals surface area contributed by atoms with Gasteiger partial charge in [0.15, 0.2) is 0 Å². The minimum Gasteiger partial charge on any atom is -0.322 e. The molecule has 0 bridgehead atoms. The molecule has 0 aliphatic heterocycles. The van der Waals surface area contributed by atoms with Crippen LogP contribution in [0.1, 0.15) is 23.2 Å². The summed E-state index contributed by atoms with van der Waals surface area (Å²) in [5, 5.41) is 0. The minimum absolute atomic E-state index is 0.498. The van der Waals surface area contributed by atoms with Crippen LogP contribution in [0, 0.1) is 23.3 Å². The molecule has 4 N–H and O–H groups in total. The number of rotatable bonds is 3. The quantitative estimate of drug-likeness (QED) is 0.851. The zero-order chi connectivity index (χ0) is 14.9. The van der Waals surface area contributed by atoms with Gasteiger partial charge >= 0.3 is 0 Å². The molecule has 0 heterocycles. The predicted octanol–water partition coefficient (Wildman–Crippen LogP) is 2.94. The fraction of sp³-hybridized carbons (Fsp3) is 0.143. The van der Waals surface area contributed by atoms with Crippen molar-refractivity contribution in [2.24, 2.45) is 11.5 Å². The molecule has 0 aromatic heterocycles. The largest absolute Gasteiger partial charge is 0.322 e. The van der Waals surface area contributed by atoms with Crippen LogP contribution in [0.5, 0.6) is 0 Å². The van der Waals surface area contributed by atoms with E-state index in [2.05, 4.69) is 0 Å². The molecule has 0 spiro atoms. The highest BCUT2D eigenvalue weighted by Crippen LogP contribution is 2.31. The first-order valence-corrected chi connectivity index (χ1v) is 5.82. The van der Waals surface area contributed by atoms with Crippen LogP contribution in [0.3, 0.4) is 0 Å². The Morgan fingerprint density at radius 2 is 0.850 bits per heavy atom. The molecule has 0 amide bonds. The Kier molecular flexibility index (Phi) is 4.06. The van der Waals surface area contributed by atoms with Gasteiger partial charge in [0.1, 0.15) is 23.3 Å². The lowest BCUT2D eigenvalue weighted by Gasteiger charge is -2.22. The first kappa shape index (κ1) is 14.5. The summed E-state index contributed by atoms with van der Waals surface area (Å²) < 4.78 is 54.5. The molecule has 2 rings (SSSR count).